The quantitative estimate of drug-likeness (QED) is 0.901. The molecule has 102 valence electrons. The fraction of sp³-hybridized carbons (Fsp3) is 0.333. The Hall–Kier alpha value is -0.950. The van der Waals surface area contributed by atoms with E-state index in [9.17, 15) is 0 Å². The lowest BCUT2D eigenvalue weighted by atomic mass is 10.2. The summed E-state index contributed by atoms with van der Waals surface area (Å²) in [7, 11) is 1.60. The summed E-state index contributed by atoms with van der Waals surface area (Å²) in [5.74, 6) is 1.00. The molecule has 0 aliphatic carbocycles. The average molecular weight is 347 g/mol. The van der Waals surface area contributed by atoms with E-state index < -0.39 is 0 Å². The largest absolute Gasteiger partial charge is 0.383 e. The lowest BCUT2D eigenvalue weighted by molar-refractivity contribution is 0.176. The van der Waals surface area contributed by atoms with Gasteiger partial charge in [-0.05, 0) is 34.1 Å². The van der Waals surface area contributed by atoms with E-state index in [4.69, 9.17) is 26.6 Å². The summed E-state index contributed by atoms with van der Waals surface area (Å²) >= 11 is 9.29. The van der Waals surface area contributed by atoms with Gasteiger partial charge >= 0.3 is 0 Å². The third-order valence-electron chi connectivity index (χ3n) is 2.46. The molecule has 1 aromatic heterocycles. The number of nitrogens with two attached hydrogens (primary N) is 1. The molecule has 0 radical (unpaired) electrons. The topological polar surface area (TPSA) is 74.2 Å². The van der Waals surface area contributed by atoms with Gasteiger partial charge in [0, 0.05) is 29.6 Å². The molecule has 1 unspecified atom stereocenters. The van der Waals surface area contributed by atoms with Crippen LogP contribution in [0.3, 0.4) is 0 Å². The van der Waals surface area contributed by atoms with Crippen LogP contribution in [-0.2, 0) is 11.2 Å². The zero-order chi connectivity index (χ0) is 13.8. The highest BCUT2D eigenvalue weighted by atomic mass is 79.9. The molecular weight excluding hydrogens is 334 g/mol. The van der Waals surface area contributed by atoms with Gasteiger partial charge in [0.15, 0.2) is 0 Å². The highest BCUT2D eigenvalue weighted by Gasteiger charge is 2.13. The maximum Gasteiger partial charge on any atom is 0.228 e. The van der Waals surface area contributed by atoms with Gasteiger partial charge in [-0.2, -0.15) is 4.98 Å². The highest BCUT2D eigenvalue weighted by molar-refractivity contribution is 9.10. The lowest BCUT2D eigenvalue weighted by Gasteiger charge is -2.05. The molecule has 0 fully saturated rings. The van der Waals surface area contributed by atoms with Gasteiger partial charge < -0.3 is 15.0 Å². The summed E-state index contributed by atoms with van der Waals surface area (Å²) in [5, 5.41) is 4.56. The average Bonchev–Trinajstić information content (AvgIpc) is 2.81. The van der Waals surface area contributed by atoms with Gasteiger partial charge in [-0.1, -0.05) is 16.8 Å². The first kappa shape index (κ1) is 14.5. The Balaban J connectivity index is 2.14. The fourth-order valence-electron chi connectivity index (χ4n) is 1.59. The first-order valence-corrected chi connectivity index (χ1v) is 6.79. The maximum absolute atomic E-state index is 5.94. The molecule has 2 rings (SSSR count). The van der Waals surface area contributed by atoms with Crippen LogP contribution < -0.4 is 5.73 Å². The Morgan fingerprint density at radius 2 is 2.32 bits per heavy atom. The lowest BCUT2D eigenvalue weighted by Crippen LogP contribution is -2.28. The minimum Gasteiger partial charge on any atom is -0.383 e. The maximum atomic E-state index is 5.94. The van der Waals surface area contributed by atoms with Crippen LogP contribution in [0.1, 0.15) is 5.89 Å². The van der Waals surface area contributed by atoms with E-state index >= 15 is 0 Å². The van der Waals surface area contributed by atoms with Crippen molar-refractivity contribution in [3.8, 4) is 11.4 Å². The molecule has 2 aromatic rings. The first-order valence-electron chi connectivity index (χ1n) is 5.62. The summed E-state index contributed by atoms with van der Waals surface area (Å²) in [6.45, 7) is 0.449. The zero-order valence-electron chi connectivity index (χ0n) is 10.3. The molecule has 0 aliphatic heterocycles. The predicted octanol–water partition coefficient (Wildman–Crippen LogP) is 2.67. The number of hydrogen-bond acceptors (Lipinski definition) is 5. The zero-order valence-corrected chi connectivity index (χ0v) is 12.6. The van der Waals surface area contributed by atoms with Crippen LogP contribution >= 0.6 is 27.5 Å². The molecule has 1 atom stereocenters. The molecule has 7 heteroatoms. The number of ether oxygens (including phenoxy) is 1. The van der Waals surface area contributed by atoms with E-state index in [2.05, 4.69) is 26.1 Å². The summed E-state index contributed by atoms with van der Waals surface area (Å²) < 4.78 is 10.9. The van der Waals surface area contributed by atoms with Gasteiger partial charge in [0.1, 0.15) is 0 Å². The van der Waals surface area contributed by atoms with Crippen LogP contribution in [-0.4, -0.2) is 29.9 Å². The van der Waals surface area contributed by atoms with Crippen molar-refractivity contribution in [2.45, 2.75) is 12.5 Å². The molecule has 0 bridgehead atoms. The van der Waals surface area contributed by atoms with Gasteiger partial charge in [-0.3, -0.25) is 0 Å². The molecule has 0 aliphatic rings. The second-order valence-electron chi connectivity index (χ2n) is 4.06. The molecule has 1 heterocycles. The second kappa shape index (κ2) is 6.47. The minimum absolute atomic E-state index is 0.157. The summed E-state index contributed by atoms with van der Waals surface area (Å²) in [6, 6.07) is 5.28. The Labute approximate surface area is 124 Å². The molecular formula is C12H13BrClN3O2. The molecule has 19 heavy (non-hydrogen) atoms. The Kier molecular flexibility index (Phi) is 4.93. The van der Waals surface area contributed by atoms with Gasteiger partial charge in [0.05, 0.1) is 11.6 Å². The Morgan fingerprint density at radius 3 is 3.00 bits per heavy atom. The Morgan fingerprint density at radius 1 is 1.53 bits per heavy atom. The van der Waals surface area contributed by atoms with Crippen molar-refractivity contribution in [1.82, 2.24) is 10.1 Å². The molecule has 0 spiro atoms. The third kappa shape index (κ3) is 3.76. The summed E-state index contributed by atoms with van der Waals surface area (Å²) in [6.07, 6.45) is 0.482. The second-order valence-corrected chi connectivity index (χ2v) is 5.32. The van der Waals surface area contributed by atoms with Crippen molar-refractivity contribution >= 4 is 27.5 Å². The van der Waals surface area contributed by atoms with Crippen LogP contribution in [0, 0.1) is 0 Å². The number of halogens is 2. The predicted molar refractivity (Wildman–Crippen MR) is 76.0 cm³/mol. The van der Waals surface area contributed by atoms with E-state index in [1.54, 1.807) is 13.2 Å². The highest BCUT2D eigenvalue weighted by Crippen LogP contribution is 2.27. The monoisotopic (exact) mass is 345 g/mol. The van der Waals surface area contributed by atoms with E-state index in [0.29, 0.717) is 29.8 Å². The van der Waals surface area contributed by atoms with Crippen molar-refractivity contribution in [3.05, 3.63) is 33.6 Å². The smallest absolute Gasteiger partial charge is 0.228 e. The number of rotatable bonds is 5. The summed E-state index contributed by atoms with van der Waals surface area (Å²) in [4.78, 5) is 4.30. The fourth-order valence-corrected chi connectivity index (χ4v) is 2.08. The van der Waals surface area contributed by atoms with Crippen LogP contribution in [0.15, 0.2) is 27.2 Å². The van der Waals surface area contributed by atoms with Crippen LogP contribution in [0.2, 0.25) is 5.02 Å². The van der Waals surface area contributed by atoms with Gasteiger partial charge in [-0.15, -0.1) is 0 Å². The van der Waals surface area contributed by atoms with Crippen molar-refractivity contribution in [1.29, 1.82) is 0 Å². The normalized spacial score (nSPS) is 12.6. The Bertz CT molecular complexity index is 562. The summed E-state index contributed by atoms with van der Waals surface area (Å²) in [5.41, 5.74) is 6.66. The number of nitrogens with zero attached hydrogens (tertiary/aromatic N) is 2. The first-order chi connectivity index (χ1) is 9.10. The van der Waals surface area contributed by atoms with E-state index in [0.717, 1.165) is 10.0 Å². The number of methoxy groups -OCH3 is 1. The number of benzene rings is 1. The third-order valence-corrected chi connectivity index (χ3v) is 3.68. The van der Waals surface area contributed by atoms with Gasteiger partial charge in [0.25, 0.3) is 0 Å². The molecule has 2 N–H and O–H groups in total. The van der Waals surface area contributed by atoms with Crippen LogP contribution in [0.25, 0.3) is 11.4 Å². The van der Waals surface area contributed by atoms with Crippen LogP contribution in [0.4, 0.5) is 0 Å². The minimum atomic E-state index is -0.157. The molecule has 0 amide bonds. The van der Waals surface area contributed by atoms with Crippen molar-refractivity contribution in [3.63, 3.8) is 0 Å². The molecule has 0 saturated carbocycles. The SMILES string of the molecule is COCC(N)Cc1nc(-c2ccc(Cl)c(Br)c2)no1. The van der Waals surface area contributed by atoms with E-state index in [-0.39, 0.29) is 6.04 Å². The number of aromatic nitrogens is 2. The van der Waals surface area contributed by atoms with E-state index in [1.165, 1.54) is 0 Å². The molecule has 0 saturated heterocycles. The molecule has 1 aromatic carbocycles. The van der Waals surface area contributed by atoms with Crippen molar-refractivity contribution < 1.29 is 9.26 Å². The van der Waals surface area contributed by atoms with Crippen LogP contribution in [0.5, 0.6) is 0 Å². The van der Waals surface area contributed by atoms with Gasteiger partial charge in [0.2, 0.25) is 11.7 Å². The molecule has 5 nitrogen and oxygen atoms in total. The van der Waals surface area contributed by atoms with Crippen molar-refractivity contribution in [2.75, 3.05) is 13.7 Å². The number of hydrogen-bond donors (Lipinski definition) is 1. The van der Waals surface area contributed by atoms with E-state index in [1.807, 2.05) is 12.1 Å². The standard InChI is InChI=1S/C12H13BrClN3O2/c1-18-6-8(15)5-11-16-12(17-19-11)7-2-3-10(14)9(13)4-7/h2-4,8H,5-6,15H2,1H3. The van der Waals surface area contributed by atoms with Crippen molar-refractivity contribution in [2.24, 2.45) is 5.73 Å². The van der Waals surface area contributed by atoms with Gasteiger partial charge in [-0.25, -0.2) is 0 Å².